The fourth-order valence-corrected chi connectivity index (χ4v) is 4.69. The molecule has 0 saturated heterocycles. The minimum atomic E-state index is -0.189. The number of aromatic nitrogens is 3. The van der Waals surface area contributed by atoms with Crippen LogP contribution in [-0.4, -0.2) is 20.1 Å². The number of hydrogen-bond acceptors (Lipinski definition) is 5. The fraction of sp³-hybridized carbons (Fsp3) is 0.550. The number of nitrogens with zero attached hydrogens (tertiary/aromatic N) is 3. The summed E-state index contributed by atoms with van der Waals surface area (Å²) in [5, 5.41) is 0.980. The van der Waals surface area contributed by atoms with Gasteiger partial charge in [0.2, 0.25) is 0 Å². The molecule has 0 fully saturated rings. The molecular formula is C20H25N3O2S. The van der Waals surface area contributed by atoms with Crippen LogP contribution in [0.1, 0.15) is 57.1 Å². The minimum absolute atomic E-state index is 0.0705. The first-order chi connectivity index (χ1) is 12.4. The van der Waals surface area contributed by atoms with Crippen LogP contribution in [-0.2, 0) is 24.3 Å². The van der Waals surface area contributed by atoms with Crippen molar-refractivity contribution in [3.05, 3.63) is 33.5 Å². The van der Waals surface area contributed by atoms with Crippen molar-refractivity contribution in [1.82, 2.24) is 14.5 Å². The highest BCUT2D eigenvalue weighted by molar-refractivity contribution is 7.25. The molecule has 0 N–H and O–H groups in total. The van der Waals surface area contributed by atoms with Crippen LogP contribution in [0.25, 0.3) is 20.4 Å². The van der Waals surface area contributed by atoms with E-state index in [1.54, 1.807) is 0 Å². The molecule has 0 amide bonds. The number of aryl methyl sites for hydroxylation is 1. The van der Waals surface area contributed by atoms with Crippen LogP contribution < -0.4 is 5.56 Å². The van der Waals surface area contributed by atoms with Crippen molar-refractivity contribution in [2.24, 2.45) is 0 Å². The molecule has 0 aliphatic carbocycles. The molecule has 3 aromatic rings. The van der Waals surface area contributed by atoms with Crippen LogP contribution in [0.2, 0.25) is 0 Å². The van der Waals surface area contributed by atoms with E-state index in [-0.39, 0.29) is 11.2 Å². The van der Waals surface area contributed by atoms with E-state index in [1.807, 2.05) is 11.5 Å². The third-order valence-electron chi connectivity index (χ3n) is 5.13. The number of pyridine rings is 1. The Morgan fingerprint density at radius 2 is 2.12 bits per heavy atom. The largest absolute Gasteiger partial charge is 0.370 e. The summed E-state index contributed by atoms with van der Waals surface area (Å²) in [6, 6.07) is 2.12. The smallest absolute Gasteiger partial charge is 0.271 e. The van der Waals surface area contributed by atoms with Gasteiger partial charge in [-0.05, 0) is 33.3 Å². The maximum absolute atomic E-state index is 13.0. The lowest BCUT2D eigenvalue weighted by Gasteiger charge is -2.30. The highest BCUT2D eigenvalue weighted by atomic mass is 32.1. The van der Waals surface area contributed by atoms with Crippen molar-refractivity contribution in [2.45, 2.75) is 72.1 Å². The quantitative estimate of drug-likeness (QED) is 0.640. The van der Waals surface area contributed by atoms with E-state index in [1.165, 1.54) is 11.3 Å². The first kappa shape index (κ1) is 17.6. The van der Waals surface area contributed by atoms with Crippen LogP contribution in [0, 0.1) is 6.92 Å². The molecular weight excluding hydrogens is 346 g/mol. The van der Waals surface area contributed by atoms with Crippen molar-refractivity contribution in [2.75, 3.05) is 0 Å². The average molecular weight is 372 g/mol. The molecule has 5 nitrogen and oxygen atoms in total. The summed E-state index contributed by atoms with van der Waals surface area (Å²) in [5.74, 6) is 0.786. The Hall–Kier alpha value is -1.79. The molecule has 0 spiro atoms. The van der Waals surface area contributed by atoms with Gasteiger partial charge in [-0.2, -0.15) is 0 Å². The van der Waals surface area contributed by atoms with Gasteiger partial charge in [-0.3, -0.25) is 9.36 Å². The third kappa shape index (κ3) is 2.95. The van der Waals surface area contributed by atoms with Crippen molar-refractivity contribution in [1.29, 1.82) is 0 Å². The summed E-state index contributed by atoms with van der Waals surface area (Å²) in [5.41, 5.74) is 2.87. The van der Waals surface area contributed by atoms with Crippen molar-refractivity contribution < 1.29 is 4.74 Å². The Labute approximate surface area is 157 Å². The van der Waals surface area contributed by atoms with Crippen LogP contribution in [0.3, 0.4) is 0 Å². The van der Waals surface area contributed by atoms with Crippen LogP contribution in [0.4, 0.5) is 0 Å². The number of thiophene rings is 1. The molecule has 0 aromatic carbocycles. The van der Waals surface area contributed by atoms with Gasteiger partial charge < -0.3 is 4.74 Å². The summed E-state index contributed by atoms with van der Waals surface area (Å²) in [4.78, 5) is 23.6. The zero-order valence-electron chi connectivity index (χ0n) is 15.9. The van der Waals surface area contributed by atoms with Crippen LogP contribution >= 0.6 is 11.3 Å². The van der Waals surface area contributed by atoms with Gasteiger partial charge in [0.05, 0.1) is 23.4 Å². The summed E-state index contributed by atoms with van der Waals surface area (Å²) in [7, 11) is 0. The zero-order chi connectivity index (χ0) is 18.5. The van der Waals surface area contributed by atoms with Gasteiger partial charge >= 0.3 is 0 Å². The molecule has 4 heterocycles. The molecule has 0 atom stereocenters. The van der Waals surface area contributed by atoms with Gasteiger partial charge in [-0.15, -0.1) is 11.3 Å². The lowest BCUT2D eigenvalue weighted by Crippen LogP contribution is -2.32. The predicted octanol–water partition coefficient (Wildman–Crippen LogP) is 4.36. The first-order valence-corrected chi connectivity index (χ1v) is 10.2. The molecule has 0 radical (unpaired) electrons. The van der Waals surface area contributed by atoms with Gasteiger partial charge in [0, 0.05) is 23.9 Å². The molecule has 0 bridgehead atoms. The van der Waals surface area contributed by atoms with E-state index in [4.69, 9.17) is 14.7 Å². The monoisotopic (exact) mass is 371 g/mol. The van der Waals surface area contributed by atoms with Gasteiger partial charge in [0.15, 0.2) is 0 Å². The van der Waals surface area contributed by atoms with E-state index in [0.717, 1.165) is 69.7 Å². The second-order valence-corrected chi connectivity index (χ2v) is 8.77. The summed E-state index contributed by atoms with van der Waals surface area (Å²) in [6.45, 7) is 9.58. The Balaban J connectivity index is 1.86. The number of fused-ring (bicyclic) bond motifs is 4. The topological polar surface area (TPSA) is 57.0 Å². The molecule has 0 saturated carbocycles. The van der Waals surface area contributed by atoms with Gasteiger partial charge in [-0.1, -0.05) is 19.8 Å². The Kier molecular flexibility index (Phi) is 4.35. The SMILES string of the molecule is CCCCCn1c(C)nc2c(sc3nc4c(cc32)COC(C)(C)C4)c1=O. The minimum Gasteiger partial charge on any atom is -0.370 e. The lowest BCUT2D eigenvalue weighted by molar-refractivity contribution is -0.0411. The molecule has 4 rings (SSSR count). The zero-order valence-corrected chi connectivity index (χ0v) is 16.7. The lowest BCUT2D eigenvalue weighted by atomic mass is 9.95. The molecule has 0 unspecified atom stereocenters. The van der Waals surface area contributed by atoms with Crippen LogP contribution in [0.15, 0.2) is 10.9 Å². The third-order valence-corrected chi connectivity index (χ3v) is 6.20. The highest BCUT2D eigenvalue weighted by Gasteiger charge is 2.28. The molecule has 6 heteroatoms. The normalized spacial score (nSPS) is 16.3. The van der Waals surface area contributed by atoms with E-state index in [9.17, 15) is 4.79 Å². The molecule has 26 heavy (non-hydrogen) atoms. The highest BCUT2D eigenvalue weighted by Crippen LogP contribution is 2.34. The number of rotatable bonds is 4. The van der Waals surface area contributed by atoms with Crippen molar-refractivity contribution in [3.8, 4) is 0 Å². The second kappa shape index (κ2) is 6.43. The van der Waals surface area contributed by atoms with Crippen LogP contribution in [0.5, 0.6) is 0 Å². The Bertz CT molecular complexity index is 1050. The standard InChI is InChI=1S/C20H25N3O2S/c1-5-6-7-8-23-12(2)21-16-14-9-13-11-25-20(3,4)10-15(13)22-18(14)26-17(16)19(23)24/h9H,5-8,10-11H2,1-4H3. The van der Waals surface area contributed by atoms with Gasteiger partial charge in [0.25, 0.3) is 5.56 Å². The van der Waals surface area contributed by atoms with E-state index in [2.05, 4.69) is 26.8 Å². The molecule has 3 aromatic heterocycles. The van der Waals surface area contributed by atoms with E-state index in [0.29, 0.717) is 6.61 Å². The van der Waals surface area contributed by atoms with Crippen molar-refractivity contribution in [3.63, 3.8) is 0 Å². The number of unbranched alkanes of at least 4 members (excludes halogenated alkanes) is 2. The fourth-order valence-electron chi connectivity index (χ4n) is 3.62. The Morgan fingerprint density at radius 3 is 2.88 bits per heavy atom. The maximum Gasteiger partial charge on any atom is 0.271 e. The van der Waals surface area contributed by atoms with Crippen molar-refractivity contribution >= 4 is 31.8 Å². The van der Waals surface area contributed by atoms with E-state index >= 15 is 0 Å². The van der Waals surface area contributed by atoms with Gasteiger partial charge in [0.1, 0.15) is 15.4 Å². The Morgan fingerprint density at radius 1 is 1.31 bits per heavy atom. The maximum atomic E-state index is 13.0. The first-order valence-electron chi connectivity index (χ1n) is 9.36. The summed E-state index contributed by atoms with van der Waals surface area (Å²) < 4.78 is 8.47. The molecule has 1 aliphatic rings. The second-order valence-electron chi connectivity index (χ2n) is 7.77. The summed E-state index contributed by atoms with van der Waals surface area (Å²) in [6.07, 6.45) is 4.06. The number of hydrogen-bond donors (Lipinski definition) is 0. The summed E-state index contributed by atoms with van der Waals surface area (Å²) >= 11 is 1.48. The average Bonchev–Trinajstić information content (AvgIpc) is 2.93. The molecule has 138 valence electrons. The van der Waals surface area contributed by atoms with Gasteiger partial charge in [-0.25, -0.2) is 9.97 Å². The molecule has 1 aliphatic heterocycles. The van der Waals surface area contributed by atoms with E-state index < -0.39 is 0 Å². The predicted molar refractivity (Wildman–Crippen MR) is 106 cm³/mol. The number of ether oxygens (including phenoxy) is 1.